The van der Waals surface area contributed by atoms with Crippen LogP contribution in [-0.2, 0) is 17.4 Å². The maximum absolute atomic E-state index is 11.7. The molecule has 0 bridgehead atoms. The van der Waals surface area contributed by atoms with Gasteiger partial charge in [0, 0.05) is 38.0 Å². The summed E-state index contributed by atoms with van der Waals surface area (Å²) in [5, 5.41) is 2.10. The molecule has 4 rings (SSSR count). The summed E-state index contributed by atoms with van der Waals surface area (Å²) >= 11 is 1.70. The lowest BCUT2D eigenvalue weighted by atomic mass is 10.0. The minimum atomic E-state index is -0.967. The van der Waals surface area contributed by atoms with Crippen molar-refractivity contribution in [3.05, 3.63) is 95.9 Å². The second kappa shape index (κ2) is 8.55. The highest BCUT2D eigenvalue weighted by atomic mass is 32.2. The molecule has 1 unspecified atom stereocenters. The number of benzene rings is 3. The molecule has 0 saturated heterocycles. The molecular weight excluding hydrogens is 384 g/mol. The van der Waals surface area contributed by atoms with Crippen molar-refractivity contribution < 1.29 is 8.95 Å². The van der Waals surface area contributed by atoms with Crippen LogP contribution in [0, 0.1) is 0 Å². The molecule has 28 heavy (non-hydrogen) atoms. The van der Waals surface area contributed by atoms with Crippen LogP contribution in [-0.4, -0.2) is 10.5 Å². The van der Waals surface area contributed by atoms with Crippen LogP contribution in [0.15, 0.2) is 95.2 Å². The van der Waals surface area contributed by atoms with E-state index in [1.165, 1.54) is 4.88 Å². The molecule has 4 aromatic rings. The quantitative estimate of drug-likeness (QED) is 0.372. The van der Waals surface area contributed by atoms with Crippen molar-refractivity contribution in [3.63, 3.8) is 0 Å². The molecule has 0 spiro atoms. The van der Waals surface area contributed by atoms with Crippen molar-refractivity contribution in [3.8, 4) is 27.3 Å². The topological polar surface area (TPSA) is 26.3 Å². The molecule has 0 N–H and O–H groups in total. The summed E-state index contributed by atoms with van der Waals surface area (Å²) in [5.74, 6) is 0.872. The fraction of sp³-hybridized carbons (Fsp3) is 0.0833. The van der Waals surface area contributed by atoms with Gasteiger partial charge in [-0.2, -0.15) is 0 Å². The molecular formula is C24H20O2S2. The summed E-state index contributed by atoms with van der Waals surface area (Å²) in [5.41, 5.74) is 4.50. The van der Waals surface area contributed by atoms with E-state index in [2.05, 4.69) is 29.6 Å². The zero-order valence-electron chi connectivity index (χ0n) is 15.5. The Hall–Kier alpha value is -2.69. The third-order valence-electron chi connectivity index (χ3n) is 4.53. The van der Waals surface area contributed by atoms with Gasteiger partial charge in [0.15, 0.2) is 0 Å². The van der Waals surface area contributed by atoms with E-state index in [0.29, 0.717) is 6.61 Å². The fourth-order valence-corrected chi connectivity index (χ4v) is 4.53. The lowest BCUT2D eigenvalue weighted by molar-refractivity contribution is 0.307. The summed E-state index contributed by atoms with van der Waals surface area (Å²) in [6.45, 7) is 0.536. The second-order valence-electron chi connectivity index (χ2n) is 6.41. The predicted molar refractivity (Wildman–Crippen MR) is 118 cm³/mol. The molecule has 0 aliphatic heterocycles. The van der Waals surface area contributed by atoms with E-state index in [0.717, 1.165) is 32.9 Å². The monoisotopic (exact) mass is 404 g/mol. The van der Waals surface area contributed by atoms with E-state index in [4.69, 9.17) is 4.74 Å². The first-order valence-electron chi connectivity index (χ1n) is 9.00. The molecule has 0 amide bonds. The van der Waals surface area contributed by atoms with Gasteiger partial charge in [-0.05, 0) is 40.8 Å². The Morgan fingerprint density at radius 3 is 2.29 bits per heavy atom. The van der Waals surface area contributed by atoms with Crippen LogP contribution in [0.3, 0.4) is 0 Å². The van der Waals surface area contributed by atoms with Gasteiger partial charge in [0.1, 0.15) is 12.4 Å². The van der Waals surface area contributed by atoms with Gasteiger partial charge in [-0.15, -0.1) is 11.3 Å². The molecule has 0 aliphatic rings. The van der Waals surface area contributed by atoms with E-state index < -0.39 is 10.8 Å². The number of thiophene rings is 1. The third-order valence-corrected chi connectivity index (χ3v) is 6.43. The lowest BCUT2D eigenvalue weighted by Crippen LogP contribution is -1.96. The Kier molecular flexibility index (Phi) is 5.70. The summed E-state index contributed by atoms with van der Waals surface area (Å²) in [4.78, 5) is 2.03. The minimum Gasteiger partial charge on any atom is -0.488 e. The zero-order chi connectivity index (χ0) is 19.3. The van der Waals surface area contributed by atoms with Gasteiger partial charge in [0.2, 0.25) is 0 Å². The first-order chi connectivity index (χ1) is 13.7. The number of rotatable bonds is 6. The Bertz CT molecular complexity index is 1080. The van der Waals surface area contributed by atoms with Gasteiger partial charge in [0.25, 0.3) is 0 Å². The summed E-state index contributed by atoms with van der Waals surface area (Å²) in [7, 11) is -0.967. The summed E-state index contributed by atoms with van der Waals surface area (Å²) < 4.78 is 17.8. The maximum Gasteiger partial charge on any atom is 0.127 e. The van der Waals surface area contributed by atoms with E-state index >= 15 is 0 Å². The number of hydrogen-bond acceptors (Lipinski definition) is 3. The van der Waals surface area contributed by atoms with Crippen molar-refractivity contribution in [1.29, 1.82) is 0 Å². The van der Waals surface area contributed by atoms with Crippen LogP contribution < -0.4 is 4.74 Å². The SMILES string of the molecule is CS(=O)c1ccc(-c2sccc2-c2ccccc2OCc2ccccc2)cc1. The molecule has 0 saturated carbocycles. The second-order valence-corrected chi connectivity index (χ2v) is 8.71. The number of hydrogen-bond donors (Lipinski definition) is 0. The fourth-order valence-electron chi connectivity index (χ4n) is 3.09. The van der Waals surface area contributed by atoms with Crippen molar-refractivity contribution in [2.24, 2.45) is 0 Å². The first kappa shape index (κ1) is 18.7. The van der Waals surface area contributed by atoms with Crippen LogP contribution in [0.1, 0.15) is 5.56 Å². The first-order valence-corrected chi connectivity index (χ1v) is 11.4. The van der Waals surface area contributed by atoms with Crippen molar-refractivity contribution in [2.75, 3.05) is 6.26 Å². The highest BCUT2D eigenvalue weighted by Gasteiger charge is 2.14. The van der Waals surface area contributed by atoms with Gasteiger partial charge < -0.3 is 4.74 Å². The molecule has 1 heterocycles. The Balaban J connectivity index is 1.65. The molecule has 0 aliphatic carbocycles. The molecule has 2 nitrogen and oxygen atoms in total. The molecule has 4 heteroatoms. The highest BCUT2D eigenvalue weighted by Crippen LogP contribution is 2.41. The highest BCUT2D eigenvalue weighted by molar-refractivity contribution is 7.84. The van der Waals surface area contributed by atoms with Crippen LogP contribution in [0.2, 0.25) is 0 Å². The van der Waals surface area contributed by atoms with E-state index in [9.17, 15) is 4.21 Å². The zero-order valence-corrected chi connectivity index (χ0v) is 17.1. The molecule has 1 aromatic heterocycles. The van der Waals surface area contributed by atoms with E-state index in [-0.39, 0.29) is 0 Å². The van der Waals surface area contributed by atoms with Crippen LogP contribution >= 0.6 is 11.3 Å². The van der Waals surface area contributed by atoms with E-state index in [1.54, 1.807) is 17.6 Å². The number of ether oxygens (including phenoxy) is 1. The molecule has 0 radical (unpaired) electrons. The van der Waals surface area contributed by atoms with Crippen LogP contribution in [0.25, 0.3) is 21.6 Å². The van der Waals surface area contributed by atoms with Gasteiger partial charge in [0.05, 0.1) is 0 Å². The lowest BCUT2D eigenvalue weighted by Gasteiger charge is -2.12. The van der Waals surface area contributed by atoms with Crippen LogP contribution in [0.4, 0.5) is 0 Å². The summed E-state index contributed by atoms with van der Waals surface area (Å²) in [6, 6.07) is 28.4. The van der Waals surface area contributed by atoms with Gasteiger partial charge in [-0.1, -0.05) is 60.7 Å². The average Bonchev–Trinajstić information content (AvgIpc) is 3.23. The Morgan fingerprint density at radius 2 is 1.54 bits per heavy atom. The molecule has 140 valence electrons. The number of para-hydroxylation sites is 1. The van der Waals surface area contributed by atoms with Gasteiger partial charge in [-0.3, -0.25) is 4.21 Å². The van der Waals surface area contributed by atoms with Crippen LogP contribution in [0.5, 0.6) is 5.75 Å². The smallest absolute Gasteiger partial charge is 0.127 e. The van der Waals surface area contributed by atoms with Crippen molar-refractivity contribution >= 4 is 22.1 Å². The standard InChI is InChI=1S/C24H20O2S2/c1-28(25)20-13-11-19(12-14-20)24-22(15-16-27-24)21-9-5-6-10-23(21)26-17-18-7-3-2-4-8-18/h2-16H,17H2,1H3. The van der Waals surface area contributed by atoms with E-state index in [1.807, 2.05) is 60.7 Å². The van der Waals surface area contributed by atoms with Gasteiger partial charge in [-0.25, -0.2) is 0 Å². The minimum absolute atomic E-state index is 0.536. The Morgan fingerprint density at radius 1 is 0.821 bits per heavy atom. The Labute approximate surface area is 171 Å². The molecule has 1 atom stereocenters. The van der Waals surface area contributed by atoms with Crippen molar-refractivity contribution in [2.45, 2.75) is 11.5 Å². The third kappa shape index (κ3) is 4.08. The average molecular weight is 405 g/mol. The van der Waals surface area contributed by atoms with Gasteiger partial charge >= 0.3 is 0 Å². The van der Waals surface area contributed by atoms with Crippen molar-refractivity contribution in [1.82, 2.24) is 0 Å². The molecule has 3 aromatic carbocycles. The largest absolute Gasteiger partial charge is 0.488 e. The summed E-state index contributed by atoms with van der Waals surface area (Å²) in [6.07, 6.45) is 1.70. The normalized spacial score (nSPS) is 11.9. The molecule has 0 fully saturated rings. The maximum atomic E-state index is 11.7. The predicted octanol–water partition coefficient (Wildman–Crippen LogP) is 6.40.